The predicted octanol–water partition coefficient (Wildman–Crippen LogP) is 4.52. The smallest absolute Gasteiger partial charge is 0.231 e. The molecule has 10 heteroatoms. The zero-order valence-corrected chi connectivity index (χ0v) is 20.6. The number of thioether (sulfide) groups is 2. The summed E-state index contributed by atoms with van der Waals surface area (Å²) in [5, 5.41) is 16.2. The molecular formula is C21H24N4O2S4. The van der Waals surface area contributed by atoms with Gasteiger partial charge in [0, 0.05) is 11.4 Å². The molecule has 0 spiro atoms. The molecule has 2 heterocycles. The van der Waals surface area contributed by atoms with E-state index < -0.39 is 0 Å². The van der Waals surface area contributed by atoms with E-state index in [9.17, 15) is 9.59 Å². The van der Waals surface area contributed by atoms with Crippen LogP contribution in [0, 0.1) is 6.92 Å². The molecule has 1 unspecified atom stereocenters. The van der Waals surface area contributed by atoms with Gasteiger partial charge in [0.2, 0.25) is 11.8 Å². The molecule has 0 aliphatic heterocycles. The third kappa shape index (κ3) is 7.64. The van der Waals surface area contributed by atoms with Crippen molar-refractivity contribution in [3.8, 4) is 0 Å². The van der Waals surface area contributed by atoms with E-state index in [1.165, 1.54) is 40.4 Å². The molecule has 0 radical (unpaired) electrons. The van der Waals surface area contributed by atoms with Crippen molar-refractivity contribution in [2.24, 2.45) is 0 Å². The first-order chi connectivity index (χ1) is 15.0. The summed E-state index contributed by atoms with van der Waals surface area (Å²) in [6.07, 6.45) is 0.912. The predicted molar refractivity (Wildman–Crippen MR) is 130 cm³/mol. The second kappa shape index (κ2) is 12.2. The molecule has 2 amide bonds. The zero-order chi connectivity index (χ0) is 22.1. The first-order valence-corrected chi connectivity index (χ1v) is 13.5. The average molecular weight is 493 g/mol. The number of hydrogen-bond donors (Lipinski definition) is 2. The van der Waals surface area contributed by atoms with Gasteiger partial charge in [0.15, 0.2) is 8.68 Å². The summed E-state index contributed by atoms with van der Waals surface area (Å²) in [5.74, 6) is 0.502. The second-order valence-corrected chi connectivity index (χ2v) is 11.1. The Hall–Kier alpha value is -1.88. The molecule has 0 aliphatic rings. The van der Waals surface area contributed by atoms with Crippen molar-refractivity contribution in [2.75, 3.05) is 18.1 Å². The van der Waals surface area contributed by atoms with Crippen LogP contribution in [-0.2, 0) is 9.59 Å². The van der Waals surface area contributed by atoms with E-state index in [1.54, 1.807) is 11.3 Å². The third-order valence-electron chi connectivity index (χ3n) is 4.16. The fourth-order valence-electron chi connectivity index (χ4n) is 2.62. The van der Waals surface area contributed by atoms with Gasteiger partial charge in [-0.1, -0.05) is 77.7 Å². The van der Waals surface area contributed by atoms with Gasteiger partial charge in [0.25, 0.3) is 0 Å². The lowest BCUT2D eigenvalue weighted by Crippen LogP contribution is -2.30. The molecule has 1 aromatic carbocycles. The van der Waals surface area contributed by atoms with Crippen LogP contribution in [0.4, 0.5) is 0 Å². The van der Waals surface area contributed by atoms with Gasteiger partial charge in [0.05, 0.1) is 17.5 Å². The van der Waals surface area contributed by atoms with Crippen molar-refractivity contribution in [1.82, 2.24) is 20.8 Å². The normalized spacial score (nSPS) is 11.8. The first-order valence-electron chi connectivity index (χ1n) is 9.80. The van der Waals surface area contributed by atoms with Crippen LogP contribution in [0.25, 0.3) is 0 Å². The summed E-state index contributed by atoms with van der Waals surface area (Å²) in [6.45, 7) is 4.74. The van der Waals surface area contributed by atoms with E-state index in [-0.39, 0.29) is 23.6 Å². The van der Waals surface area contributed by atoms with Crippen molar-refractivity contribution in [3.05, 3.63) is 57.8 Å². The maximum absolute atomic E-state index is 12.7. The van der Waals surface area contributed by atoms with Crippen molar-refractivity contribution in [1.29, 1.82) is 0 Å². The molecule has 31 heavy (non-hydrogen) atoms. The van der Waals surface area contributed by atoms with Gasteiger partial charge < -0.3 is 10.6 Å². The van der Waals surface area contributed by atoms with Gasteiger partial charge in [-0.2, -0.15) is 0 Å². The van der Waals surface area contributed by atoms with Crippen molar-refractivity contribution >= 4 is 58.0 Å². The summed E-state index contributed by atoms with van der Waals surface area (Å²) >= 11 is 5.74. The Balaban J connectivity index is 1.52. The molecule has 1 atom stereocenters. The van der Waals surface area contributed by atoms with Crippen LogP contribution in [0.1, 0.15) is 35.4 Å². The van der Waals surface area contributed by atoms with Crippen LogP contribution in [-0.4, -0.2) is 40.1 Å². The number of benzene rings is 1. The van der Waals surface area contributed by atoms with Gasteiger partial charge in [-0.25, -0.2) is 0 Å². The highest BCUT2D eigenvalue weighted by molar-refractivity contribution is 8.03. The van der Waals surface area contributed by atoms with Gasteiger partial charge in [-0.15, -0.1) is 21.5 Å². The number of thiophene rings is 1. The number of hydrogen-bond acceptors (Lipinski definition) is 8. The molecule has 2 N–H and O–H groups in total. The summed E-state index contributed by atoms with van der Waals surface area (Å²) in [7, 11) is 0. The van der Waals surface area contributed by atoms with Crippen molar-refractivity contribution in [3.63, 3.8) is 0 Å². The lowest BCUT2D eigenvalue weighted by atomic mass is 10.0. The Kier molecular flexibility index (Phi) is 9.38. The summed E-state index contributed by atoms with van der Waals surface area (Å²) in [5.41, 5.74) is 2.24. The lowest BCUT2D eigenvalue weighted by Gasteiger charge is -2.18. The van der Waals surface area contributed by atoms with Crippen molar-refractivity contribution < 1.29 is 9.59 Å². The number of nitrogens with one attached hydrogen (secondary N) is 2. The summed E-state index contributed by atoms with van der Waals surface area (Å²) in [4.78, 5) is 25.5. The molecule has 0 saturated heterocycles. The number of carbonyl (C=O) groups is 2. The van der Waals surface area contributed by atoms with Crippen LogP contribution in [0.15, 0.2) is 50.5 Å². The number of aromatic nitrogens is 2. The minimum atomic E-state index is -0.170. The van der Waals surface area contributed by atoms with E-state index in [4.69, 9.17) is 0 Å². The van der Waals surface area contributed by atoms with E-state index >= 15 is 0 Å². The topological polar surface area (TPSA) is 84.0 Å². The monoisotopic (exact) mass is 492 g/mol. The second-order valence-electron chi connectivity index (χ2n) is 6.69. The maximum Gasteiger partial charge on any atom is 0.231 e. The van der Waals surface area contributed by atoms with E-state index in [1.807, 2.05) is 31.4 Å². The highest BCUT2D eigenvalue weighted by Crippen LogP contribution is 2.30. The molecule has 0 saturated carbocycles. The van der Waals surface area contributed by atoms with Crippen LogP contribution >= 0.6 is 46.2 Å². The lowest BCUT2D eigenvalue weighted by molar-refractivity contribution is -0.119. The Morgan fingerprint density at radius 3 is 2.32 bits per heavy atom. The molecule has 3 rings (SSSR count). The van der Waals surface area contributed by atoms with Crippen LogP contribution < -0.4 is 10.6 Å². The summed E-state index contributed by atoms with van der Waals surface area (Å²) in [6, 6.07) is 12.1. The Morgan fingerprint density at radius 1 is 1.03 bits per heavy atom. The highest BCUT2D eigenvalue weighted by Gasteiger charge is 2.18. The Bertz CT molecular complexity index is 974. The molecule has 0 fully saturated rings. The molecule has 164 valence electrons. The Morgan fingerprint density at radius 2 is 1.71 bits per heavy atom. The Labute approximate surface area is 198 Å². The molecule has 2 aromatic heterocycles. The minimum absolute atomic E-state index is 0.00800. The molecule has 6 nitrogen and oxygen atoms in total. The SMILES string of the molecule is CCCNC(=O)CSc1nnc(SCC(=O)NC(c2ccc(C)cc2)c2cccs2)s1. The quantitative estimate of drug-likeness (QED) is 0.383. The number of nitrogens with zero attached hydrogens (tertiary/aromatic N) is 2. The van der Waals surface area contributed by atoms with Gasteiger partial charge in [-0.05, 0) is 30.4 Å². The first kappa shape index (κ1) is 23.8. The fourth-order valence-corrected chi connectivity index (χ4v) is 6.08. The number of carbonyl (C=O) groups excluding carboxylic acids is 2. The van der Waals surface area contributed by atoms with Crippen LogP contribution in [0.5, 0.6) is 0 Å². The largest absolute Gasteiger partial charge is 0.355 e. The number of aryl methyl sites for hydroxylation is 1. The fraction of sp³-hybridized carbons (Fsp3) is 0.333. The molecule has 3 aromatic rings. The van der Waals surface area contributed by atoms with Gasteiger partial charge >= 0.3 is 0 Å². The van der Waals surface area contributed by atoms with E-state index in [0.717, 1.165) is 25.5 Å². The van der Waals surface area contributed by atoms with Crippen LogP contribution in [0.2, 0.25) is 0 Å². The zero-order valence-electron chi connectivity index (χ0n) is 17.3. The van der Waals surface area contributed by atoms with Crippen molar-refractivity contribution in [2.45, 2.75) is 35.0 Å². The van der Waals surface area contributed by atoms with Crippen LogP contribution in [0.3, 0.4) is 0 Å². The standard InChI is InChI=1S/C21H24N4O2S4/c1-3-10-22-17(26)12-29-20-24-25-21(31-20)30-13-18(27)23-19(16-5-4-11-28-16)15-8-6-14(2)7-9-15/h4-9,11,19H,3,10,12-13H2,1-2H3,(H,22,26)(H,23,27). The average Bonchev–Trinajstić information content (AvgIpc) is 3.46. The molecule has 0 bridgehead atoms. The van der Waals surface area contributed by atoms with Gasteiger partial charge in [0.1, 0.15) is 0 Å². The number of amides is 2. The third-order valence-corrected chi connectivity index (χ3v) is 8.28. The minimum Gasteiger partial charge on any atom is -0.355 e. The number of rotatable bonds is 11. The van der Waals surface area contributed by atoms with E-state index in [0.29, 0.717) is 12.3 Å². The highest BCUT2D eigenvalue weighted by atomic mass is 32.2. The summed E-state index contributed by atoms with van der Waals surface area (Å²) < 4.78 is 1.44. The molecular weight excluding hydrogens is 469 g/mol. The van der Waals surface area contributed by atoms with Gasteiger partial charge in [-0.3, -0.25) is 9.59 Å². The van der Waals surface area contributed by atoms with E-state index in [2.05, 4.69) is 45.1 Å². The molecule has 0 aliphatic carbocycles. The maximum atomic E-state index is 12.7.